The molecule has 1 aliphatic rings. The van der Waals surface area contributed by atoms with Gasteiger partial charge in [0.1, 0.15) is 5.82 Å². The third kappa shape index (κ3) is 4.42. The fourth-order valence-electron chi connectivity index (χ4n) is 1.99. The highest BCUT2D eigenvalue weighted by molar-refractivity contribution is 5.16. The maximum absolute atomic E-state index is 12.7. The lowest BCUT2D eigenvalue weighted by atomic mass is 10.1. The molecular weight excluding hydrogens is 217 g/mol. The van der Waals surface area contributed by atoms with Gasteiger partial charge in [0.05, 0.1) is 0 Å². The van der Waals surface area contributed by atoms with E-state index in [0.717, 1.165) is 45.8 Å². The van der Waals surface area contributed by atoms with Crippen LogP contribution < -0.4 is 10.6 Å². The van der Waals surface area contributed by atoms with Crippen molar-refractivity contribution < 1.29 is 4.39 Å². The highest BCUT2D eigenvalue weighted by atomic mass is 19.1. The maximum atomic E-state index is 12.7. The summed E-state index contributed by atoms with van der Waals surface area (Å²) < 4.78 is 12.7. The molecule has 1 fully saturated rings. The molecule has 0 amide bonds. The van der Waals surface area contributed by atoms with Gasteiger partial charge in [0, 0.05) is 39.4 Å². The SMILES string of the molecule is Fc1ccc(CCNCN2CCNCC2)cc1. The van der Waals surface area contributed by atoms with Crippen molar-refractivity contribution in [1.82, 2.24) is 15.5 Å². The molecule has 1 aliphatic heterocycles. The molecule has 0 unspecified atom stereocenters. The van der Waals surface area contributed by atoms with E-state index >= 15 is 0 Å². The second-order valence-corrected chi connectivity index (χ2v) is 4.40. The van der Waals surface area contributed by atoms with Crippen molar-refractivity contribution in [3.05, 3.63) is 35.6 Å². The van der Waals surface area contributed by atoms with Gasteiger partial charge in [-0.3, -0.25) is 4.90 Å². The first-order valence-electron chi connectivity index (χ1n) is 6.23. The van der Waals surface area contributed by atoms with Gasteiger partial charge in [0.15, 0.2) is 0 Å². The van der Waals surface area contributed by atoms with E-state index < -0.39 is 0 Å². The van der Waals surface area contributed by atoms with Gasteiger partial charge < -0.3 is 10.6 Å². The van der Waals surface area contributed by atoms with E-state index in [1.54, 1.807) is 0 Å². The standard InChI is InChI=1S/C13H20FN3/c14-13-3-1-12(2-4-13)5-6-16-11-17-9-7-15-8-10-17/h1-4,15-16H,5-11H2. The minimum absolute atomic E-state index is 0.164. The van der Waals surface area contributed by atoms with E-state index in [-0.39, 0.29) is 5.82 Å². The van der Waals surface area contributed by atoms with Gasteiger partial charge in [0.25, 0.3) is 0 Å². The third-order valence-electron chi connectivity index (χ3n) is 3.05. The number of nitrogens with one attached hydrogen (secondary N) is 2. The molecule has 0 atom stereocenters. The molecule has 17 heavy (non-hydrogen) atoms. The van der Waals surface area contributed by atoms with Crippen LogP contribution in [-0.2, 0) is 6.42 Å². The predicted molar refractivity (Wildman–Crippen MR) is 67.4 cm³/mol. The molecule has 3 nitrogen and oxygen atoms in total. The zero-order valence-corrected chi connectivity index (χ0v) is 10.1. The van der Waals surface area contributed by atoms with Gasteiger partial charge in [-0.1, -0.05) is 12.1 Å². The zero-order chi connectivity index (χ0) is 11.9. The first-order chi connectivity index (χ1) is 8.34. The normalized spacial score (nSPS) is 17.2. The Labute approximate surface area is 102 Å². The topological polar surface area (TPSA) is 27.3 Å². The third-order valence-corrected chi connectivity index (χ3v) is 3.05. The Bertz CT molecular complexity index is 320. The van der Waals surface area contributed by atoms with Crippen molar-refractivity contribution >= 4 is 0 Å². The Morgan fingerprint density at radius 3 is 2.59 bits per heavy atom. The van der Waals surface area contributed by atoms with Crippen LogP contribution in [-0.4, -0.2) is 44.3 Å². The Morgan fingerprint density at radius 2 is 1.88 bits per heavy atom. The minimum Gasteiger partial charge on any atom is -0.314 e. The van der Waals surface area contributed by atoms with Crippen LogP contribution in [0.15, 0.2) is 24.3 Å². The Kier molecular flexibility index (Phi) is 4.91. The molecule has 0 aromatic heterocycles. The van der Waals surface area contributed by atoms with Gasteiger partial charge in [-0.15, -0.1) is 0 Å². The molecule has 2 rings (SSSR count). The highest BCUT2D eigenvalue weighted by Gasteiger charge is 2.07. The summed E-state index contributed by atoms with van der Waals surface area (Å²) in [4.78, 5) is 2.40. The average Bonchev–Trinajstić information content (AvgIpc) is 2.38. The van der Waals surface area contributed by atoms with E-state index in [1.807, 2.05) is 12.1 Å². The van der Waals surface area contributed by atoms with Crippen LogP contribution in [0, 0.1) is 5.82 Å². The van der Waals surface area contributed by atoms with E-state index in [2.05, 4.69) is 15.5 Å². The quantitative estimate of drug-likeness (QED) is 0.743. The molecule has 0 spiro atoms. The van der Waals surface area contributed by atoms with Crippen LogP contribution in [0.1, 0.15) is 5.56 Å². The Morgan fingerprint density at radius 1 is 1.18 bits per heavy atom. The largest absolute Gasteiger partial charge is 0.314 e. The van der Waals surface area contributed by atoms with Crippen LogP contribution in [0.5, 0.6) is 0 Å². The van der Waals surface area contributed by atoms with Crippen LogP contribution in [0.25, 0.3) is 0 Å². The molecule has 2 N–H and O–H groups in total. The minimum atomic E-state index is -0.164. The van der Waals surface area contributed by atoms with Crippen molar-refractivity contribution in [2.24, 2.45) is 0 Å². The smallest absolute Gasteiger partial charge is 0.123 e. The second kappa shape index (κ2) is 6.69. The van der Waals surface area contributed by atoms with Gasteiger partial charge >= 0.3 is 0 Å². The fourth-order valence-corrected chi connectivity index (χ4v) is 1.99. The first kappa shape index (κ1) is 12.5. The van der Waals surface area contributed by atoms with Crippen molar-refractivity contribution in [1.29, 1.82) is 0 Å². The number of rotatable bonds is 5. The number of benzene rings is 1. The van der Waals surface area contributed by atoms with Crippen LogP contribution in [0.3, 0.4) is 0 Å². The molecule has 4 heteroatoms. The van der Waals surface area contributed by atoms with Crippen LogP contribution in [0.4, 0.5) is 4.39 Å². The molecule has 1 saturated heterocycles. The monoisotopic (exact) mass is 237 g/mol. The molecule has 0 radical (unpaired) electrons. The van der Waals surface area contributed by atoms with Gasteiger partial charge in [-0.25, -0.2) is 4.39 Å². The summed E-state index contributed by atoms with van der Waals surface area (Å²) in [6, 6.07) is 6.74. The average molecular weight is 237 g/mol. The summed E-state index contributed by atoms with van der Waals surface area (Å²) in [5.41, 5.74) is 1.18. The second-order valence-electron chi connectivity index (χ2n) is 4.40. The van der Waals surface area contributed by atoms with E-state index in [4.69, 9.17) is 0 Å². The number of piperazine rings is 1. The van der Waals surface area contributed by atoms with Crippen molar-refractivity contribution in [3.8, 4) is 0 Å². The van der Waals surface area contributed by atoms with Crippen molar-refractivity contribution in [2.75, 3.05) is 39.4 Å². The van der Waals surface area contributed by atoms with Gasteiger partial charge in [0.2, 0.25) is 0 Å². The van der Waals surface area contributed by atoms with E-state index in [1.165, 1.54) is 17.7 Å². The van der Waals surface area contributed by atoms with Gasteiger partial charge in [-0.2, -0.15) is 0 Å². The van der Waals surface area contributed by atoms with Crippen molar-refractivity contribution in [3.63, 3.8) is 0 Å². The lowest BCUT2D eigenvalue weighted by Crippen LogP contribution is -2.47. The summed E-state index contributed by atoms with van der Waals surface area (Å²) in [6.45, 7) is 6.28. The Hall–Kier alpha value is -0.970. The molecule has 1 aromatic rings. The molecular formula is C13H20FN3. The lowest BCUT2D eigenvalue weighted by Gasteiger charge is -2.27. The fraction of sp³-hybridized carbons (Fsp3) is 0.538. The van der Waals surface area contributed by atoms with E-state index in [9.17, 15) is 4.39 Å². The molecule has 1 aromatic carbocycles. The molecule has 0 aliphatic carbocycles. The molecule has 94 valence electrons. The summed E-state index contributed by atoms with van der Waals surface area (Å²) in [7, 11) is 0. The zero-order valence-electron chi connectivity index (χ0n) is 10.1. The highest BCUT2D eigenvalue weighted by Crippen LogP contribution is 2.02. The van der Waals surface area contributed by atoms with E-state index in [0.29, 0.717) is 0 Å². The molecule has 0 saturated carbocycles. The molecule has 1 heterocycles. The summed E-state index contributed by atoms with van der Waals surface area (Å²) >= 11 is 0. The number of hydrogen-bond acceptors (Lipinski definition) is 3. The first-order valence-corrected chi connectivity index (χ1v) is 6.23. The maximum Gasteiger partial charge on any atom is 0.123 e. The Balaban J connectivity index is 1.60. The summed E-state index contributed by atoms with van der Waals surface area (Å²) in [6.07, 6.45) is 0.951. The van der Waals surface area contributed by atoms with Gasteiger partial charge in [-0.05, 0) is 24.1 Å². The van der Waals surface area contributed by atoms with Crippen LogP contribution >= 0.6 is 0 Å². The lowest BCUT2D eigenvalue weighted by molar-refractivity contribution is 0.224. The number of nitrogens with zero attached hydrogens (tertiary/aromatic N) is 1. The van der Waals surface area contributed by atoms with Crippen molar-refractivity contribution in [2.45, 2.75) is 6.42 Å². The number of hydrogen-bond donors (Lipinski definition) is 2. The van der Waals surface area contributed by atoms with Crippen LogP contribution in [0.2, 0.25) is 0 Å². The summed E-state index contributed by atoms with van der Waals surface area (Å²) in [5.74, 6) is -0.164. The number of halogens is 1. The summed E-state index contributed by atoms with van der Waals surface area (Å²) in [5, 5.41) is 6.75. The molecule has 0 bridgehead atoms. The predicted octanol–water partition coefficient (Wildman–Crippen LogP) is 0.821.